The quantitative estimate of drug-likeness (QED) is 0.0399. The molecule has 1 aromatic carbocycles. The number of nitrogens with zero attached hydrogens (tertiary/aromatic N) is 2. The number of nitrogens with one attached hydrogen (secondary N) is 9. The average molecular weight is 1080 g/mol. The summed E-state index contributed by atoms with van der Waals surface area (Å²) in [6.07, 6.45) is 12.5. The number of carbonyl (C=O) groups is 7. The summed E-state index contributed by atoms with van der Waals surface area (Å²) < 4.78 is 15.8. The molecule has 4 aliphatic heterocycles. The smallest absolute Gasteiger partial charge is 0.437 e. The van der Waals surface area contributed by atoms with Crippen molar-refractivity contribution >= 4 is 88.5 Å². The molecule has 75 heavy (non-hydrogen) atoms. The van der Waals surface area contributed by atoms with Gasteiger partial charge in [0, 0.05) is 84.3 Å². The van der Waals surface area contributed by atoms with E-state index in [-0.39, 0.29) is 86.0 Å². The zero-order valence-corrected chi connectivity index (χ0v) is 46.0. The number of terminal acetylenes is 1. The number of guanidine groups is 2. The van der Waals surface area contributed by atoms with Crippen molar-refractivity contribution in [1.29, 1.82) is 0 Å². The SMILES string of the molecule is C#CCOCCNC(=O)c1cc(NC(=O)CCCCNC(=O)CCCCC2SCC3N/C(=N/C(=O)OC(C)(C)C)NC32)cc(NC(=O)CCCCNC(=O)CCCCC2SCC3N/C(=N\C(=O)OC(C)(C)C)NC32)c1. The van der Waals surface area contributed by atoms with Crippen molar-refractivity contribution < 1.29 is 47.8 Å². The largest absolute Gasteiger partial charge is 0.442 e. The van der Waals surface area contributed by atoms with Crippen LogP contribution in [0.5, 0.6) is 0 Å². The van der Waals surface area contributed by atoms with E-state index in [4.69, 9.17) is 20.6 Å². The van der Waals surface area contributed by atoms with Crippen LogP contribution in [0.15, 0.2) is 28.2 Å². The Labute approximate surface area is 450 Å². The second-order valence-electron chi connectivity index (χ2n) is 21.0. The minimum absolute atomic E-state index is 0.0376. The highest BCUT2D eigenvalue weighted by molar-refractivity contribution is 8.00. The fraction of sp³-hybridized carbons (Fsp3) is 0.673. The monoisotopic (exact) mass is 1080 g/mol. The van der Waals surface area contributed by atoms with E-state index >= 15 is 0 Å². The van der Waals surface area contributed by atoms with Crippen LogP contribution >= 0.6 is 23.5 Å². The van der Waals surface area contributed by atoms with Gasteiger partial charge in [0.2, 0.25) is 35.5 Å². The molecule has 0 spiro atoms. The third-order valence-corrected chi connectivity index (χ3v) is 15.2. The second kappa shape index (κ2) is 30.1. The van der Waals surface area contributed by atoms with E-state index in [0.29, 0.717) is 85.4 Å². The summed E-state index contributed by atoms with van der Waals surface area (Å²) in [4.78, 5) is 96.7. The van der Waals surface area contributed by atoms with Crippen molar-refractivity contribution in [2.45, 2.75) is 177 Å². The maximum atomic E-state index is 13.1. The Morgan fingerprint density at radius 3 is 1.48 bits per heavy atom. The number of hydrogen-bond donors (Lipinski definition) is 9. The highest BCUT2D eigenvalue weighted by Gasteiger charge is 2.43. The van der Waals surface area contributed by atoms with Gasteiger partial charge in [0.25, 0.3) is 5.91 Å². The highest BCUT2D eigenvalue weighted by Crippen LogP contribution is 2.34. The van der Waals surface area contributed by atoms with Crippen molar-refractivity contribution in [3.05, 3.63) is 23.8 Å². The summed E-state index contributed by atoms with van der Waals surface area (Å²) in [6, 6.07) is 5.33. The number of carbonyl (C=O) groups excluding carboxylic acids is 7. The lowest BCUT2D eigenvalue weighted by Gasteiger charge is -2.18. The molecule has 9 N–H and O–H groups in total. The molecule has 23 heteroatoms. The molecule has 0 aromatic heterocycles. The van der Waals surface area contributed by atoms with Crippen molar-refractivity contribution in [1.82, 2.24) is 37.2 Å². The second-order valence-corrected chi connectivity index (χ2v) is 23.5. The summed E-state index contributed by atoms with van der Waals surface area (Å²) in [7, 11) is 0. The predicted octanol–water partition coefficient (Wildman–Crippen LogP) is 5.31. The maximum absolute atomic E-state index is 13.1. The number of hydrogen-bond acceptors (Lipinski definition) is 12. The summed E-state index contributed by atoms with van der Waals surface area (Å²) in [6.45, 7) is 12.2. The number of thioether (sulfide) groups is 2. The van der Waals surface area contributed by atoms with Crippen molar-refractivity contribution in [3.8, 4) is 12.3 Å². The lowest BCUT2D eigenvalue weighted by atomic mass is 10.0. The molecule has 6 unspecified atom stereocenters. The third kappa shape index (κ3) is 22.6. The Balaban J connectivity index is 0.947. The number of amides is 7. The number of rotatable bonds is 27. The summed E-state index contributed by atoms with van der Waals surface area (Å²) in [5.41, 5.74) is -0.349. The summed E-state index contributed by atoms with van der Waals surface area (Å²) in [5, 5.41) is 28.3. The first-order valence-electron chi connectivity index (χ1n) is 26.2. The molecule has 0 aliphatic carbocycles. The van der Waals surface area contributed by atoms with Crippen LogP contribution < -0.4 is 47.9 Å². The molecule has 414 valence electrons. The summed E-state index contributed by atoms with van der Waals surface area (Å²) >= 11 is 3.75. The summed E-state index contributed by atoms with van der Waals surface area (Å²) in [5.74, 6) is 3.99. The first-order valence-corrected chi connectivity index (χ1v) is 28.3. The molecule has 4 aliphatic rings. The van der Waals surface area contributed by atoms with Gasteiger partial charge in [0.1, 0.15) is 17.8 Å². The molecule has 5 rings (SSSR count). The van der Waals surface area contributed by atoms with Crippen LogP contribution in [0.1, 0.15) is 142 Å². The normalized spacial score (nSPS) is 21.6. The number of benzene rings is 1. The number of ether oxygens (including phenoxy) is 3. The first kappa shape index (κ1) is 60.1. The van der Waals surface area contributed by atoms with Gasteiger partial charge in [-0.25, -0.2) is 9.59 Å². The van der Waals surface area contributed by atoms with E-state index in [1.54, 1.807) is 47.6 Å². The van der Waals surface area contributed by atoms with E-state index in [1.807, 2.05) is 23.5 Å². The Hall–Kier alpha value is -5.73. The molecular formula is C52H79N11O10S2. The Morgan fingerprint density at radius 2 is 1.04 bits per heavy atom. The number of aliphatic imine (C=N–C) groups is 2. The highest BCUT2D eigenvalue weighted by atomic mass is 32.2. The van der Waals surface area contributed by atoms with E-state index in [9.17, 15) is 33.6 Å². The Kier molecular flexibility index (Phi) is 24.2. The van der Waals surface area contributed by atoms with Gasteiger partial charge in [-0.15, -0.1) is 16.4 Å². The van der Waals surface area contributed by atoms with Crippen LogP contribution in [0.2, 0.25) is 0 Å². The zero-order chi connectivity index (χ0) is 54.4. The molecule has 0 radical (unpaired) electrons. The number of anilines is 2. The Morgan fingerprint density at radius 1 is 0.600 bits per heavy atom. The average Bonchev–Trinajstić information content (AvgIpc) is 4.10. The first-order chi connectivity index (χ1) is 35.7. The number of unbranched alkanes of at least 4 members (excludes halogenated alkanes) is 4. The molecule has 6 atom stereocenters. The fourth-order valence-corrected chi connectivity index (χ4v) is 11.8. The van der Waals surface area contributed by atoms with E-state index in [2.05, 4.69) is 63.8 Å². The van der Waals surface area contributed by atoms with Crippen LogP contribution in [0.3, 0.4) is 0 Å². The van der Waals surface area contributed by atoms with Crippen LogP contribution in [0.4, 0.5) is 21.0 Å². The van der Waals surface area contributed by atoms with Crippen LogP contribution in [0.25, 0.3) is 0 Å². The van der Waals surface area contributed by atoms with Crippen molar-refractivity contribution in [2.75, 3.05) is 55.0 Å². The minimum Gasteiger partial charge on any atom is -0.442 e. The van der Waals surface area contributed by atoms with Gasteiger partial charge in [0.15, 0.2) is 0 Å². The van der Waals surface area contributed by atoms with E-state index < -0.39 is 29.3 Å². The molecule has 4 fully saturated rings. The van der Waals surface area contributed by atoms with Crippen LogP contribution in [-0.4, -0.2) is 144 Å². The number of fused-ring (bicyclic) bond motifs is 2. The van der Waals surface area contributed by atoms with Gasteiger partial charge < -0.3 is 62.1 Å². The molecule has 1 aromatic rings. The molecule has 0 saturated carbocycles. The van der Waals surface area contributed by atoms with Gasteiger partial charge in [-0.1, -0.05) is 18.8 Å². The predicted molar refractivity (Wildman–Crippen MR) is 294 cm³/mol. The van der Waals surface area contributed by atoms with Crippen LogP contribution in [0, 0.1) is 12.3 Å². The maximum Gasteiger partial charge on any atom is 0.437 e. The molecule has 4 heterocycles. The Bertz CT molecular complexity index is 2110. The third-order valence-electron chi connectivity index (χ3n) is 12.2. The van der Waals surface area contributed by atoms with Gasteiger partial charge in [-0.2, -0.15) is 23.5 Å². The minimum atomic E-state index is -0.633. The van der Waals surface area contributed by atoms with Gasteiger partial charge in [-0.05, 0) is 111 Å². The lowest BCUT2D eigenvalue weighted by molar-refractivity contribution is -0.122. The van der Waals surface area contributed by atoms with Crippen molar-refractivity contribution in [2.24, 2.45) is 9.98 Å². The topological polar surface area (TPSA) is 280 Å². The lowest BCUT2D eigenvalue weighted by Crippen LogP contribution is -2.37. The molecule has 4 saturated heterocycles. The van der Waals surface area contributed by atoms with Gasteiger partial charge in [0.05, 0.1) is 30.8 Å². The van der Waals surface area contributed by atoms with E-state index in [0.717, 1.165) is 50.0 Å². The zero-order valence-electron chi connectivity index (χ0n) is 44.4. The van der Waals surface area contributed by atoms with Crippen LogP contribution in [-0.2, 0) is 33.4 Å². The molecule has 21 nitrogen and oxygen atoms in total. The standard InChI is InChI=1S/C52H79N11O10S2/c1-8-26-71-27-25-55-46(68)33-28-34(56-42(66)21-13-15-23-53-40(64)19-11-9-17-38-44-36(31-74-38)58-47(60-44)62-49(69)72-51(2,3)4)30-35(29-33)57-43(67)22-14-16-24-54-41(65)20-12-10-18-39-45-37(32-75-39)59-48(61-45)63-50(70)73-52(5,6)7/h1,28-30,36-39,44-45H,9-27,31-32H2,2-7H3,(H,53,64)(H,54,65)(H,55,68)(H,56,66)(H,57,67)(H2,58,60,62,69)(H2,59,61,63,70). The fourth-order valence-electron chi connectivity index (χ4n) is 8.73. The molecule has 7 amide bonds. The van der Waals surface area contributed by atoms with Crippen molar-refractivity contribution in [3.63, 3.8) is 0 Å². The van der Waals surface area contributed by atoms with E-state index in [1.165, 1.54) is 12.1 Å². The van der Waals surface area contributed by atoms with Gasteiger partial charge >= 0.3 is 12.2 Å². The molecule has 0 bridgehead atoms. The molecular weight excluding hydrogens is 1000 g/mol. The van der Waals surface area contributed by atoms with Gasteiger partial charge in [-0.3, -0.25) is 24.0 Å².